The van der Waals surface area contributed by atoms with E-state index in [1.54, 1.807) is 13.0 Å². The van der Waals surface area contributed by atoms with Crippen molar-refractivity contribution in [2.75, 3.05) is 11.9 Å². The highest BCUT2D eigenvalue weighted by atomic mass is 35.5. The lowest BCUT2D eigenvalue weighted by atomic mass is 10.1. The van der Waals surface area contributed by atoms with E-state index in [2.05, 4.69) is 5.32 Å². The molecular formula is C16H13ClFNO3. The maximum Gasteiger partial charge on any atom is 0.340 e. The zero-order valence-corrected chi connectivity index (χ0v) is 12.5. The number of benzene rings is 2. The van der Waals surface area contributed by atoms with E-state index in [4.69, 9.17) is 16.3 Å². The van der Waals surface area contributed by atoms with Gasteiger partial charge in [0.25, 0.3) is 5.91 Å². The second-order valence-electron chi connectivity index (χ2n) is 4.34. The van der Waals surface area contributed by atoms with Crippen molar-refractivity contribution in [1.29, 1.82) is 0 Å². The fourth-order valence-electron chi connectivity index (χ4n) is 1.84. The Bertz CT molecular complexity index is 718. The summed E-state index contributed by atoms with van der Waals surface area (Å²) in [6.45, 7) is 1.87. The van der Waals surface area contributed by atoms with Crippen molar-refractivity contribution in [2.45, 2.75) is 6.92 Å². The molecule has 0 unspecified atom stereocenters. The lowest BCUT2D eigenvalue weighted by Crippen LogP contribution is -2.17. The average Bonchev–Trinajstić information content (AvgIpc) is 2.48. The Balaban J connectivity index is 2.32. The first-order valence-electron chi connectivity index (χ1n) is 6.55. The SMILES string of the molecule is CCOC(=O)c1ccc(Cl)cc1NC(=O)c1ccccc1F. The van der Waals surface area contributed by atoms with Crippen molar-refractivity contribution in [3.8, 4) is 0 Å². The number of carbonyl (C=O) groups is 2. The van der Waals surface area contributed by atoms with Crippen LogP contribution in [0, 0.1) is 5.82 Å². The molecule has 22 heavy (non-hydrogen) atoms. The number of esters is 1. The van der Waals surface area contributed by atoms with Gasteiger partial charge in [0.1, 0.15) is 5.82 Å². The molecule has 0 aliphatic carbocycles. The average molecular weight is 322 g/mol. The van der Waals surface area contributed by atoms with Crippen molar-refractivity contribution in [3.05, 3.63) is 64.4 Å². The van der Waals surface area contributed by atoms with E-state index in [-0.39, 0.29) is 23.4 Å². The number of anilines is 1. The quantitative estimate of drug-likeness (QED) is 0.869. The van der Waals surface area contributed by atoms with Crippen LogP contribution in [0.5, 0.6) is 0 Å². The Labute approximate surface area is 131 Å². The Morgan fingerprint density at radius 2 is 1.91 bits per heavy atom. The minimum absolute atomic E-state index is 0.128. The molecule has 0 aliphatic rings. The van der Waals surface area contributed by atoms with Gasteiger partial charge in [-0.3, -0.25) is 4.79 Å². The van der Waals surface area contributed by atoms with Crippen molar-refractivity contribution in [3.63, 3.8) is 0 Å². The molecule has 2 aromatic carbocycles. The van der Waals surface area contributed by atoms with Crippen LogP contribution in [0.1, 0.15) is 27.6 Å². The number of nitrogens with one attached hydrogen (secondary N) is 1. The fraction of sp³-hybridized carbons (Fsp3) is 0.125. The first-order chi connectivity index (χ1) is 10.5. The van der Waals surface area contributed by atoms with Gasteiger partial charge in [0, 0.05) is 5.02 Å². The number of rotatable bonds is 4. The molecular weight excluding hydrogens is 309 g/mol. The molecule has 0 fully saturated rings. The maximum atomic E-state index is 13.6. The lowest BCUT2D eigenvalue weighted by Gasteiger charge is -2.11. The fourth-order valence-corrected chi connectivity index (χ4v) is 2.01. The van der Waals surface area contributed by atoms with Gasteiger partial charge in [-0.05, 0) is 37.3 Å². The van der Waals surface area contributed by atoms with Crippen LogP contribution in [0.25, 0.3) is 0 Å². The second kappa shape index (κ2) is 7.04. The zero-order chi connectivity index (χ0) is 16.1. The molecule has 2 rings (SSSR count). The highest BCUT2D eigenvalue weighted by Crippen LogP contribution is 2.23. The van der Waals surface area contributed by atoms with Gasteiger partial charge in [0.15, 0.2) is 0 Å². The molecule has 0 aliphatic heterocycles. The molecule has 0 spiro atoms. The first kappa shape index (κ1) is 16.0. The predicted octanol–water partition coefficient (Wildman–Crippen LogP) is 3.91. The van der Waals surface area contributed by atoms with Crippen LogP contribution in [0.15, 0.2) is 42.5 Å². The first-order valence-corrected chi connectivity index (χ1v) is 6.93. The minimum atomic E-state index is -0.675. The van der Waals surface area contributed by atoms with Crippen LogP contribution in [0.4, 0.5) is 10.1 Å². The van der Waals surface area contributed by atoms with E-state index >= 15 is 0 Å². The third-order valence-electron chi connectivity index (χ3n) is 2.84. The van der Waals surface area contributed by atoms with Crippen LogP contribution in [0.3, 0.4) is 0 Å². The highest BCUT2D eigenvalue weighted by Gasteiger charge is 2.17. The van der Waals surface area contributed by atoms with Gasteiger partial charge in [-0.1, -0.05) is 23.7 Å². The summed E-state index contributed by atoms with van der Waals surface area (Å²) in [4.78, 5) is 24.0. The molecule has 0 radical (unpaired) electrons. The number of hydrogen-bond acceptors (Lipinski definition) is 3. The summed E-state index contributed by atoms with van der Waals surface area (Å²) in [5.41, 5.74) is 0.187. The molecule has 4 nitrogen and oxygen atoms in total. The summed E-state index contributed by atoms with van der Waals surface area (Å²) in [5.74, 6) is -1.92. The van der Waals surface area contributed by atoms with E-state index in [0.717, 1.165) is 0 Å². The third-order valence-corrected chi connectivity index (χ3v) is 3.08. The lowest BCUT2D eigenvalue weighted by molar-refractivity contribution is 0.0527. The van der Waals surface area contributed by atoms with Crippen LogP contribution in [0.2, 0.25) is 5.02 Å². The van der Waals surface area contributed by atoms with Gasteiger partial charge in [-0.2, -0.15) is 0 Å². The topological polar surface area (TPSA) is 55.4 Å². The Morgan fingerprint density at radius 1 is 1.18 bits per heavy atom. The summed E-state index contributed by atoms with van der Waals surface area (Å²) >= 11 is 5.88. The van der Waals surface area contributed by atoms with Gasteiger partial charge in [-0.25, -0.2) is 9.18 Å². The third kappa shape index (κ3) is 3.62. The molecule has 1 N–H and O–H groups in total. The number of halogens is 2. The molecule has 0 heterocycles. The Kier molecular flexibility index (Phi) is 5.12. The largest absolute Gasteiger partial charge is 0.462 e. The number of amides is 1. The van der Waals surface area contributed by atoms with Crippen LogP contribution in [-0.2, 0) is 4.74 Å². The zero-order valence-electron chi connectivity index (χ0n) is 11.7. The summed E-state index contributed by atoms with van der Waals surface area (Å²) in [6.07, 6.45) is 0. The van der Waals surface area contributed by atoms with E-state index in [0.29, 0.717) is 5.02 Å². The molecule has 114 valence electrons. The monoisotopic (exact) mass is 321 g/mol. The molecule has 1 amide bonds. The molecule has 0 bridgehead atoms. The summed E-state index contributed by atoms with van der Waals surface area (Å²) in [6, 6.07) is 9.91. The molecule has 2 aromatic rings. The molecule has 0 saturated heterocycles. The minimum Gasteiger partial charge on any atom is -0.462 e. The second-order valence-corrected chi connectivity index (χ2v) is 4.78. The van der Waals surface area contributed by atoms with Crippen molar-refractivity contribution in [1.82, 2.24) is 0 Å². The van der Waals surface area contributed by atoms with Gasteiger partial charge >= 0.3 is 5.97 Å². The normalized spacial score (nSPS) is 10.1. The van der Waals surface area contributed by atoms with Gasteiger partial charge in [0.05, 0.1) is 23.4 Å². The van der Waals surface area contributed by atoms with Crippen molar-refractivity contribution >= 4 is 29.2 Å². The number of ether oxygens (including phenoxy) is 1. The van der Waals surface area contributed by atoms with E-state index in [1.807, 2.05) is 0 Å². The van der Waals surface area contributed by atoms with Crippen LogP contribution >= 0.6 is 11.6 Å². The standard InChI is InChI=1S/C16H13ClFNO3/c1-2-22-16(21)12-8-7-10(17)9-14(12)19-15(20)11-5-3-4-6-13(11)18/h3-9H,2H2,1H3,(H,19,20). The summed E-state index contributed by atoms with van der Waals surface area (Å²) < 4.78 is 18.5. The highest BCUT2D eigenvalue weighted by molar-refractivity contribution is 6.31. The van der Waals surface area contributed by atoms with Gasteiger partial charge in [0.2, 0.25) is 0 Å². The summed E-state index contributed by atoms with van der Waals surface area (Å²) in [5, 5.41) is 2.81. The van der Waals surface area contributed by atoms with Crippen molar-refractivity contribution < 1.29 is 18.7 Å². The van der Waals surface area contributed by atoms with Gasteiger partial charge in [-0.15, -0.1) is 0 Å². The number of carbonyl (C=O) groups excluding carboxylic acids is 2. The molecule has 0 saturated carbocycles. The van der Waals surface area contributed by atoms with E-state index < -0.39 is 17.7 Å². The molecule has 6 heteroatoms. The Morgan fingerprint density at radius 3 is 2.59 bits per heavy atom. The van der Waals surface area contributed by atoms with Crippen LogP contribution in [-0.4, -0.2) is 18.5 Å². The maximum absolute atomic E-state index is 13.6. The Hall–Kier alpha value is -2.40. The van der Waals surface area contributed by atoms with E-state index in [9.17, 15) is 14.0 Å². The van der Waals surface area contributed by atoms with E-state index in [1.165, 1.54) is 36.4 Å². The van der Waals surface area contributed by atoms with Crippen molar-refractivity contribution in [2.24, 2.45) is 0 Å². The smallest absolute Gasteiger partial charge is 0.340 e. The summed E-state index contributed by atoms with van der Waals surface area (Å²) in [7, 11) is 0. The van der Waals surface area contributed by atoms with Crippen LogP contribution < -0.4 is 5.32 Å². The van der Waals surface area contributed by atoms with Gasteiger partial charge < -0.3 is 10.1 Å². The number of hydrogen-bond donors (Lipinski definition) is 1. The molecule has 0 aromatic heterocycles. The predicted molar refractivity (Wildman–Crippen MR) is 81.8 cm³/mol. The molecule has 0 atom stereocenters.